The molecule has 0 saturated carbocycles. The molecule has 0 saturated heterocycles. The van der Waals surface area contributed by atoms with Gasteiger partial charge in [0, 0.05) is 16.3 Å². The number of ether oxygens (including phenoxy) is 1. The van der Waals surface area contributed by atoms with Gasteiger partial charge in [0.15, 0.2) is 12.4 Å². The van der Waals surface area contributed by atoms with Gasteiger partial charge in [-0.1, -0.05) is 29.8 Å². The third kappa shape index (κ3) is 5.43. The van der Waals surface area contributed by atoms with E-state index in [1.54, 1.807) is 42.5 Å². The van der Waals surface area contributed by atoms with Crippen molar-refractivity contribution in [3.8, 4) is 0 Å². The second-order valence-corrected chi connectivity index (χ2v) is 8.12. The Balaban J connectivity index is 1.60. The molecule has 1 N–H and O–H groups in total. The minimum atomic E-state index is -3.72. The van der Waals surface area contributed by atoms with Crippen LogP contribution < -0.4 is 4.72 Å². The van der Waals surface area contributed by atoms with Crippen LogP contribution in [0, 0.1) is 0 Å². The summed E-state index contributed by atoms with van der Waals surface area (Å²) in [6.45, 7) is -0.414. The smallest absolute Gasteiger partial charge is 0.338 e. The standard InChI is InChI=1S/C21H16ClNO5S/c22-17-10-6-15(7-11-17)20(24)14-28-21(25)16-8-12-18(13-9-16)23-29(26,27)19-4-2-1-3-5-19/h1-13,23H,14H2. The molecule has 0 spiro atoms. The number of anilines is 1. The lowest BCUT2D eigenvalue weighted by Gasteiger charge is -2.09. The van der Waals surface area contributed by atoms with E-state index in [9.17, 15) is 18.0 Å². The van der Waals surface area contributed by atoms with Crippen molar-refractivity contribution in [1.82, 2.24) is 0 Å². The first kappa shape index (κ1) is 20.6. The molecule has 0 bridgehead atoms. The quantitative estimate of drug-likeness (QED) is 0.449. The summed E-state index contributed by atoms with van der Waals surface area (Å²) in [5.41, 5.74) is 0.868. The Bertz CT molecular complexity index is 1110. The van der Waals surface area contributed by atoms with Crippen LogP contribution in [0.3, 0.4) is 0 Å². The maximum atomic E-state index is 12.3. The highest BCUT2D eigenvalue weighted by molar-refractivity contribution is 7.92. The first-order valence-electron chi connectivity index (χ1n) is 8.49. The molecule has 8 heteroatoms. The number of rotatable bonds is 7. The van der Waals surface area contributed by atoms with Crippen molar-refractivity contribution in [3.05, 3.63) is 95.0 Å². The number of benzene rings is 3. The Kier molecular flexibility index (Phi) is 6.31. The molecule has 0 atom stereocenters. The number of Topliss-reactive ketones (excluding diaryl/α,β-unsaturated/α-hetero) is 1. The van der Waals surface area contributed by atoms with Crippen LogP contribution in [0.5, 0.6) is 0 Å². The molecular weight excluding hydrogens is 414 g/mol. The van der Waals surface area contributed by atoms with Crippen LogP contribution in [0.15, 0.2) is 83.8 Å². The van der Waals surface area contributed by atoms with Gasteiger partial charge in [-0.05, 0) is 60.7 Å². The van der Waals surface area contributed by atoms with Crippen LogP contribution in [0.25, 0.3) is 0 Å². The summed E-state index contributed by atoms with van der Waals surface area (Å²) in [5, 5.41) is 0.501. The van der Waals surface area contributed by atoms with Crippen molar-refractivity contribution < 1.29 is 22.7 Å². The van der Waals surface area contributed by atoms with Gasteiger partial charge in [0.05, 0.1) is 10.5 Å². The van der Waals surface area contributed by atoms with Crippen molar-refractivity contribution in [3.63, 3.8) is 0 Å². The number of carbonyl (C=O) groups excluding carboxylic acids is 2. The summed E-state index contributed by atoms with van der Waals surface area (Å²) in [4.78, 5) is 24.3. The van der Waals surface area contributed by atoms with Crippen LogP contribution in [0.2, 0.25) is 5.02 Å². The molecule has 0 amide bonds. The van der Waals surface area contributed by atoms with Crippen LogP contribution in [-0.4, -0.2) is 26.8 Å². The molecule has 0 fully saturated rings. The Hall–Kier alpha value is -3.16. The molecule has 0 unspecified atom stereocenters. The normalized spacial score (nSPS) is 10.9. The van der Waals surface area contributed by atoms with Crippen LogP contribution in [0.4, 0.5) is 5.69 Å². The minimum absolute atomic E-state index is 0.129. The number of hydrogen-bond donors (Lipinski definition) is 1. The molecule has 0 heterocycles. The molecule has 148 valence electrons. The molecule has 0 aliphatic heterocycles. The molecule has 29 heavy (non-hydrogen) atoms. The Morgan fingerprint density at radius 1 is 0.828 bits per heavy atom. The fraction of sp³-hybridized carbons (Fsp3) is 0.0476. The fourth-order valence-electron chi connectivity index (χ4n) is 2.42. The van der Waals surface area contributed by atoms with Crippen molar-refractivity contribution in [2.45, 2.75) is 4.90 Å². The largest absolute Gasteiger partial charge is 0.454 e. The summed E-state index contributed by atoms with van der Waals surface area (Å²) >= 11 is 5.77. The van der Waals surface area contributed by atoms with Crippen molar-refractivity contribution in [2.24, 2.45) is 0 Å². The third-order valence-electron chi connectivity index (χ3n) is 3.93. The van der Waals surface area contributed by atoms with Gasteiger partial charge in [-0.3, -0.25) is 9.52 Å². The van der Waals surface area contributed by atoms with Gasteiger partial charge in [-0.2, -0.15) is 0 Å². The van der Waals surface area contributed by atoms with E-state index in [2.05, 4.69) is 4.72 Å². The van der Waals surface area contributed by atoms with E-state index in [0.29, 0.717) is 16.3 Å². The van der Waals surface area contributed by atoms with Gasteiger partial charge in [-0.25, -0.2) is 13.2 Å². The topological polar surface area (TPSA) is 89.5 Å². The number of hydrogen-bond acceptors (Lipinski definition) is 5. The maximum Gasteiger partial charge on any atom is 0.338 e. The zero-order chi connectivity index (χ0) is 20.9. The van der Waals surface area contributed by atoms with Crippen LogP contribution in [-0.2, 0) is 14.8 Å². The molecule has 3 rings (SSSR count). The molecule has 0 aliphatic carbocycles. The summed E-state index contributed by atoms with van der Waals surface area (Å²) in [7, 11) is -3.72. The Morgan fingerprint density at radius 3 is 2.03 bits per heavy atom. The number of halogens is 1. The number of nitrogens with one attached hydrogen (secondary N) is 1. The predicted molar refractivity (Wildman–Crippen MR) is 110 cm³/mol. The minimum Gasteiger partial charge on any atom is -0.454 e. The summed E-state index contributed by atoms with van der Waals surface area (Å²) < 4.78 is 32.1. The number of esters is 1. The molecule has 3 aromatic carbocycles. The lowest BCUT2D eigenvalue weighted by molar-refractivity contribution is 0.0475. The molecule has 0 aliphatic rings. The second kappa shape index (κ2) is 8.89. The van der Waals surface area contributed by atoms with E-state index in [1.807, 2.05) is 0 Å². The zero-order valence-corrected chi connectivity index (χ0v) is 16.6. The van der Waals surface area contributed by atoms with Gasteiger partial charge in [0.25, 0.3) is 10.0 Å². The average Bonchev–Trinajstić information content (AvgIpc) is 2.73. The van der Waals surface area contributed by atoms with Crippen molar-refractivity contribution in [1.29, 1.82) is 0 Å². The highest BCUT2D eigenvalue weighted by Gasteiger charge is 2.15. The van der Waals surface area contributed by atoms with E-state index < -0.39 is 22.6 Å². The van der Waals surface area contributed by atoms with Crippen LogP contribution >= 0.6 is 11.6 Å². The zero-order valence-electron chi connectivity index (χ0n) is 15.0. The van der Waals surface area contributed by atoms with Gasteiger partial charge in [0.2, 0.25) is 0 Å². The maximum absolute atomic E-state index is 12.3. The molecule has 6 nitrogen and oxygen atoms in total. The van der Waals surface area contributed by atoms with E-state index >= 15 is 0 Å². The monoisotopic (exact) mass is 429 g/mol. The van der Waals surface area contributed by atoms with E-state index in [4.69, 9.17) is 16.3 Å². The summed E-state index contributed by atoms with van der Waals surface area (Å²) in [5.74, 6) is -1.05. The van der Waals surface area contributed by atoms with E-state index in [-0.39, 0.29) is 16.2 Å². The Labute approximate surface area is 173 Å². The van der Waals surface area contributed by atoms with Gasteiger partial charge in [-0.15, -0.1) is 0 Å². The molecule has 3 aromatic rings. The van der Waals surface area contributed by atoms with Gasteiger partial charge < -0.3 is 4.74 Å². The van der Waals surface area contributed by atoms with Gasteiger partial charge in [0.1, 0.15) is 0 Å². The van der Waals surface area contributed by atoms with Crippen LogP contribution in [0.1, 0.15) is 20.7 Å². The lowest BCUT2D eigenvalue weighted by Crippen LogP contribution is -2.15. The van der Waals surface area contributed by atoms with E-state index in [1.165, 1.54) is 36.4 Å². The summed E-state index contributed by atoms with van der Waals surface area (Å²) in [6.07, 6.45) is 0. The third-order valence-corrected chi connectivity index (χ3v) is 5.58. The number of sulfonamides is 1. The molecular formula is C21H16ClNO5S. The predicted octanol–water partition coefficient (Wildman–Crippen LogP) is 4.18. The van der Waals surface area contributed by atoms with E-state index in [0.717, 1.165) is 0 Å². The Morgan fingerprint density at radius 2 is 1.41 bits per heavy atom. The molecule has 0 aromatic heterocycles. The first-order valence-corrected chi connectivity index (χ1v) is 10.3. The number of ketones is 1. The highest BCUT2D eigenvalue weighted by atomic mass is 35.5. The number of carbonyl (C=O) groups is 2. The second-order valence-electron chi connectivity index (χ2n) is 6.00. The fourth-order valence-corrected chi connectivity index (χ4v) is 3.63. The first-order chi connectivity index (χ1) is 13.8. The highest BCUT2D eigenvalue weighted by Crippen LogP contribution is 2.17. The van der Waals surface area contributed by atoms with Crippen molar-refractivity contribution in [2.75, 3.05) is 11.3 Å². The van der Waals surface area contributed by atoms with Crippen molar-refractivity contribution >= 4 is 39.1 Å². The lowest BCUT2D eigenvalue weighted by atomic mass is 10.1. The summed E-state index contributed by atoms with van der Waals surface area (Å²) in [6, 6.07) is 19.9. The van der Waals surface area contributed by atoms with Gasteiger partial charge >= 0.3 is 5.97 Å². The SMILES string of the molecule is O=C(COC(=O)c1ccc(NS(=O)(=O)c2ccccc2)cc1)c1ccc(Cl)cc1. The average molecular weight is 430 g/mol. The molecule has 0 radical (unpaired) electrons.